The standard InChI is InChI=1S/C19H21N5O2/c20-12-15-2-4-17(5-3-15)14-26-19(25)24-10-6-16(7-11-24)13-23-18-21-8-1-9-22-18/h1-5,8-9,16H,6-7,10-11,13-14H2,(H,21,22,23). The number of carbonyl (C=O) groups is 1. The molecule has 0 atom stereocenters. The fourth-order valence-corrected chi connectivity index (χ4v) is 2.86. The third-order valence-electron chi connectivity index (χ3n) is 4.43. The number of hydrogen-bond donors (Lipinski definition) is 1. The van der Waals surface area contributed by atoms with E-state index in [-0.39, 0.29) is 12.7 Å². The van der Waals surface area contributed by atoms with E-state index in [0.29, 0.717) is 30.5 Å². The van der Waals surface area contributed by atoms with Gasteiger partial charge in [0, 0.05) is 32.0 Å². The molecule has 0 spiro atoms. The maximum atomic E-state index is 12.2. The summed E-state index contributed by atoms with van der Waals surface area (Å²) in [6, 6.07) is 10.9. The molecule has 0 bridgehead atoms. The van der Waals surface area contributed by atoms with Crippen molar-refractivity contribution in [2.75, 3.05) is 25.0 Å². The van der Waals surface area contributed by atoms with E-state index in [1.165, 1.54) is 0 Å². The first-order valence-corrected chi connectivity index (χ1v) is 8.66. The quantitative estimate of drug-likeness (QED) is 0.891. The number of amides is 1. The molecule has 3 rings (SSSR count). The number of hydrogen-bond acceptors (Lipinski definition) is 6. The highest BCUT2D eigenvalue weighted by Gasteiger charge is 2.23. The molecule has 0 radical (unpaired) electrons. The summed E-state index contributed by atoms with van der Waals surface area (Å²) in [7, 11) is 0. The minimum absolute atomic E-state index is 0.220. The molecule has 1 aliphatic heterocycles. The summed E-state index contributed by atoms with van der Waals surface area (Å²) in [5, 5.41) is 12.0. The van der Waals surface area contributed by atoms with Gasteiger partial charge in [-0.3, -0.25) is 0 Å². The minimum atomic E-state index is -0.285. The first kappa shape index (κ1) is 17.7. The molecule has 1 fully saturated rings. The van der Waals surface area contributed by atoms with Crippen molar-refractivity contribution in [2.24, 2.45) is 5.92 Å². The smallest absolute Gasteiger partial charge is 0.410 e. The van der Waals surface area contributed by atoms with Crippen LogP contribution in [0.1, 0.15) is 24.0 Å². The second kappa shape index (κ2) is 8.81. The van der Waals surface area contributed by atoms with Crippen molar-refractivity contribution >= 4 is 12.0 Å². The van der Waals surface area contributed by atoms with E-state index in [2.05, 4.69) is 21.4 Å². The van der Waals surface area contributed by atoms with Crippen LogP contribution in [0, 0.1) is 17.2 Å². The highest BCUT2D eigenvalue weighted by molar-refractivity contribution is 5.67. The van der Waals surface area contributed by atoms with Gasteiger partial charge in [-0.15, -0.1) is 0 Å². The zero-order valence-corrected chi connectivity index (χ0v) is 14.5. The van der Waals surface area contributed by atoms with Crippen molar-refractivity contribution in [2.45, 2.75) is 19.4 Å². The number of carbonyl (C=O) groups excluding carboxylic acids is 1. The molecular formula is C19H21N5O2. The molecule has 0 unspecified atom stereocenters. The van der Waals surface area contributed by atoms with E-state index in [4.69, 9.17) is 10.00 Å². The van der Waals surface area contributed by atoms with Crippen LogP contribution in [0.2, 0.25) is 0 Å². The number of anilines is 1. The van der Waals surface area contributed by atoms with Crippen molar-refractivity contribution in [1.82, 2.24) is 14.9 Å². The Labute approximate surface area is 152 Å². The van der Waals surface area contributed by atoms with Gasteiger partial charge in [0.15, 0.2) is 0 Å². The van der Waals surface area contributed by atoms with Crippen LogP contribution in [-0.4, -0.2) is 40.6 Å². The third-order valence-corrected chi connectivity index (χ3v) is 4.43. The van der Waals surface area contributed by atoms with E-state index in [9.17, 15) is 4.79 Å². The lowest BCUT2D eigenvalue weighted by Crippen LogP contribution is -2.40. The number of likely N-dealkylation sites (tertiary alicyclic amines) is 1. The van der Waals surface area contributed by atoms with Gasteiger partial charge in [0.25, 0.3) is 0 Å². The summed E-state index contributed by atoms with van der Waals surface area (Å²) >= 11 is 0. The molecule has 1 saturated heterocycles. The Bertz CT molecular complexity index is 750. The molecule has 7 heteroatoms. The number of ether oxygens (including phenoxy) is 1. The maximum Gasteiger partial charge on any atom is 0.410 e. The monoisotopic (exact) mass is 351 g/mol. The van der Waals surface area contributed by atoms with E-state index in [1.54, 1.807) is 47.6 Å². The van der Waals surface area contributed by atoms with Crippen molar-refractivity contribution in [1.29, 1.82) is 5.26 Å². The Balaban J connectivity index is 1.38. The van der Waals surface area contributed by atoms with Crippen LogP contribution >= 0.6 is 0 Å². The molecule has 134 valence electrons. The van der Waals surface area contributed by atoms with Gasteiger partial charge >= 0.3 is 6.09 Å². The van der Waals surface area contributed by atoms with E-state index in [0.717, 1.165) is 24.9 Å². The molecule has 7 nitrogen and oxygen atoms in total. The second-order valence-electron chi connectivity index (χ2n) is 6.25. The summed E-state index contributed by atoms with van der Waals surface area (Å²) in [6.45, 7) is 2.40. The topological polar surface area (TPSA) is 91.1 Å². The number of piperidine rings is 1. The van der Waals surface area contributed by atoms with Gasteiger partial charge in [-0.2, -0.15) is 5.26 Å². The summed E-state index contributed by atoms with van der Waals surface area (Å²) in [5.74, 6) is 1.12. The minimum Gasteiger partial charge on any atom is -0.445 e. The van der Waals surface area contributed by atoms with Gasteiger partial charge in [0.1, 0.15) is 6.61 Å². The lowest BCUT2D eigenvalue weighted by molar-refractivity contribution is 0.0832. The van der Waals surface area contributed by atoms with Crippen LogP contribution in [0.25, 0.3) is 0 Å². The van der Waals surface area contributed by atoms with Gasteiger partial charge < -0.3 is 15.0 Å². The molecule has 1 amide bonds. The molecule has 2 heterocycles. The number of nitriles is 1. The zero-order valence-electron chi connectivity index (χ0n) is 14.5. The number of nitrogens with one attached hydrogen (secondary N) is 1. The molecule has 0 saturated carbocycles. The van der Waals surface area contributed by atoms with Crippen molar-refractivity contribution in [3.05, 3.63) is 53.9 Å². The molecule has 26 heavy (non-hydrogen) atoms. The summed E-state index contributed by atoms with van der Waals surface area (Å²) < 4.78 is 5.37. The van der Waals surface area contributed by atoms with E-state index in [1.807, 2.05) is 0 Å². The average molecular weight is 351 g/mol. The predicted octanol–water partition coefficient (Wildman–Crippen LogP) is 2.81. The first-order chi connectivity index (χ1) is 12.7. The Hall–Kier alpha value is -3.14. The Morgan fingerprint density at radius 2 is 1.92 bits per heavy atom. The van der Waals surface area contributed by atoms with Gasteiger partial charge in [-0.25, -0.2) is 14.8 Å². The normalized spacial score (nSPS) is 14.5. The molecule has 0 aliphatic carbocycles. The second-order valence-corrected chi connectivity index (χ2v) is 6.25. The van der Waals surface area contributed by atoms with E-state index >= 15 is 0 Å². The molecule has 1 aromatic carbocycles. The highest BCUT2D eigenvalue weighted by Crippen LogP contribution is 2.18. The van der Waals surface area contributed by atoms with Gasteiger partial charge in [0.2, 0.25) is 5.95 Å². The molecule has 1 N–H and O–H groups in total. The third kappa shape index (κ3) is 4.93. The number of aromatic nitrogens is 2. The van der Waals surface area contributed by atoms with Crippen molar-refractivity contribution in [3.63, 3.8) is 0 Å². The van der Waals surface area contributed by atoms with Gasteiger partial charge in [-0.05, 0) is 42.5 Å². The fraction of sp³-hybridized carbons (Fsp3) is 0.368. The average Bonchev–Trinajstić information content (AvgIpc) is 2.72. The molecular weight excluding hydrogens is 330 g/mol. The maximum absolute atomic E-state index is 12.2. The van der Waals surface area contributed by atoms with Crippen LogP contribution in [0.5, 0.6) is 0 Å². The molecule has 1 aromatic heterocycles. The van der Waals surface area contributed by atoms with Crippen LogP contribution in [0.4, 0.5) is 10.7 Å². The summed E-state index contributed by atoms with van der Waals surface area (Å²) in [5.41, 5.74) is 1.47. The number of rotatable bonds is 5. The number of nitrogens with zero attached hydrogens (tertiary/aromatic N) is 4. The number of benzene rings is 1. The Morgan fingerprint density at radius 3 is 2.58 bits per heavy atom. The van der Waals surface area contributed by atoms with Crippen molar-refractivity contribution < 1.29 is 9.53 Å². The lowest BCUT2D eigenvalue weighted by atomic mass is 9.97. The van der Waals surface area contributed by atoms with Gasteiger partial charge in [0.05, 0.1) is 11.6 Å². The van der Waals surface area contributed by atoms with Crippen LogP contribution in [0.15, 0.2) is 42.7 Å². The Kier molecular flexibility index (Phi) is 5.99. The molecule has 2 aromatic rings. The van der Waals surface area contributed by atoms with Crippen LogP contribution < -0.4 is 5.32 Å². The van der Waals surface area contributed by atoms with Crippen LogP contribution in [0.3, 0.4) is 0 Å². The Morgan fingerprint density at radius 1 is 1.23 bits per heavy atom. The van der Waals surface area contributed by atoms with E-state index < -0.39 is 0 Å². The lowest BCUT2D eigenvalue weighted by Gasteiger charge is -2.31. The van der Waals surface area contributed by atoms with Gasteiger partial charge in [-0.1, -0.05) is 12.1 Å². The summed E-state index contributed by atoms with van der Waals surface area (Å²) in [6.07, 6.45) is 4.98. The van der Waals surface area contributed by atoms with Crippen LogP contribution in [-0.2, 0) is 11.3 Å². The highest BCUT2D eigenvalue weighted by atomic mass is 16.6. The predicted molar refractivity (Wildman–Crippen MR) is 96.2 cm³/mol. The largest absolute Gasteiger partial charge is 0.445 e. The fourth-order valence-electron chi connectivity index (χ4n) is 2.86. The summed E-state index contributed by atoms with van der Waals surface area (Å²) in [4.78, 5) is 22.2. The van der Waals surface area contributed by atoms with Crippen molar-refractivity contribution in [3.8, 4) is 6.07 Å². The SMILES string of the molecule is N#Cc1ccc(COC(=O)N2CCC(CNc3ncccn3)CC2)cc1. The zero-order chi connectivity index (χ0) is 18.2. The molecule has 1 aliphatic rings. The first-order valence-electron chi connectivity index (χ1n) is 8.66.